The molecule has 1 saturated carbocycles. The van der Waals surface area contributed by atoms with Crippen LogP contribution in [0.3, 0.4) is 0 Å². The second kappa shape index (κ2) is 3.51. The highest BCUT2D eigenvalue weighted by Gasteiger charge is 2.46. The van der Waals surface area contributed by atoms with Crippen molar-refractivity contribution in [3.8, 4) is 5.75 Å². The summed E-state index contributed by atoms with van der Waals surface area (Å²) in [5.74, 6) is 0.168. The number of rotatable bonds is 2. The van der Waals surface area contributed by atoms with E-state index in [0.717, 1.165) is 12.0 Å². The van der Waals surface area contributed by atoms with Gasteiger partial charge in [-0.15, -0.1) is 0 Å². The predicted molar refractivity (Wildman–Crippen MR) is 62.5 cm³/mol. The van der Waals surface area contributed by atoms with Crippen molar-refractivity contribution in [3.05, 3.63) is 29.3 Å². The highest BCUT2D eigenvalue weighted by molar-refractivity contribution is 5.95. The van der Waals surface area contributed by atoms with E-state index in [0.29, 0.717) is 5.56 Å². The Balaban J connectivity index is 2.07. The molecule has 0 heterocycles. The first-order chi connectivity index (χ1) is 7.40. The fourth-order valence-corrected chi connectivity index (χ4v) is 1.75. The number of phenolic OH excluding ortho intramolecular Hbond substituents is 1. The molecule has 1 aromatic carbocycles. The van der Waals surface area contributed by atoms with E-state index < -0.39 is 0 Å². The van der Waals surface area contributed by atoms with Crippen LogP contribution >= 0.6 is 0 Å². The van der Waals surface area contributed by atoms with Crippen LogP contribution < -0.4 is 5.32 Å². The molecule has 86 valence electrons. The van der Waals surface area contributed by atoms with Crippen molar-refractivity contribution in [1.29, 1.82) is 0 Å². The van der Waals surface area contributed by atoms with Crippen LogP contribution in [0.2, 0.25) is 0 Å². The smallest absolute Gasteiger partial charge is 0.251 e. The molecule has 1 aliphatic rings. The minimum absolute atomic E-state index is 0.0568. The fraction of sp³-hybridized carbons (Fsp3) is 0.462. The maximum absolute atomic E-state index is 11.9. The lowest BCUT2D eigenvalue weighted by Gasteiger charge is -2.08. The van der Waals surface area contributed by atoms with Crippen LogP contribution in [0.1, 0.15) is 36.2 Å². The summed E-state index contributed by atoms with van der Waals surface area (Å²) in [6, 6.07) is 5.20. The number of benzene rings is 1. The molecular weight excluding hydrogens is 202 g/mol. The van der Waals surface area contributed by atoms with E-state index in [1.165, 1.54) is 0 Å². The SMILES string of the molecule is Cc1cc(C(=O)NC2CC2(C)C)ccc1O. The summed E-state index contributed by atoms with van der Waals surface area (Å²) in [6.07, 6.45) is 1.04. The normalized spacial score (nSPS) is 21.6. The maximum Gasteiger partial charge on any atom is 0.251 e. The van der Waals surface area contributed by atoms with Gasteiger partial charge in [-0.2, -0.15) is 0 Å². The highest BCUT2D eigenvalue weighted by Crippen LogP contribution is 2.44. The first-order valence-electron chi connectivity index (χ1n) is 5.50. The minimum Gasteiger partial charge on any atom is -0.508 e. The molecule has 2 N–H and O–H groups in total. The van der Waals surface area contributed by atoms with Gasteiger partial charge >= 0.3 is 0 Å². The number of hydrogen-bond acceptors (Lipinski definition) is 2. The van der Waals surface area contributed by atoms with Crippen molar-refractivity contribution < 1.29 is 9.90 Å². The Morgan fingerprint density at radius 2 is 2.12 bits per heavy atom. The summed E-state index contributed by atoms with van der Waals surface area (Å²) in [5.41, 5.74) is 1.57. The van der Waals surface area contributed by atoms with Gasteiger partial charge in [0.2, 0.25) is 0 Å². The van der Waals surface area contributed by atoms with Crippen LogP contribution in [0.25, 0.3) is 0 Å². The van der Waals surface area contributed by atoms with Gasteiger partial charge in [-0.05, 0) is 42.5 Å². The second-order valence-electron chi connectivity index (χ2n) is 5.22. The number of carbonyl (C=O) groups is 1. The van der Waals surface area contributed by atoms with Crippen LogP contribution in [0.4, 0.5) is 0 Å². The lowest BCUT2D eigenvalue weighted by atomic mass is 10.1. The zero-order chi connectivity index (χ0) is 11.9. The van der Waals surface area contributed by atoms with Crippen LogP contribution in [0, 0.1) is 12.3 Å². The van der Waals surface area contributed by atoms with Gasteiger partial charge in [0, 0.05) is 11.6 Å². The number of carbonyl (C=O) groups excluding carboxylic acids is 1. The van der Waals surface area contributed by atoms with Gasteiger partial charge in [-0.1, -0.05) is 13.8 Å². The largest absolute Gasteiger partial charge is 0.508 e. The highest BCUT2D eigenvalue weighted by atomic mass is 16.3. The summed E-state index contributed by atoms with van der Waals surface area (Å²) >= 11 is 0. The molecule has 0 radical (unpaired) electrons. The van der Waals surface area contributed by atoms with Gasteiger partial charge < -0.3 is 10.4 Å². The number of aryl methyl sites for hydroxylation is 1. The molecule has 0 aliphatic heterocycles. The summed E-state index contributed by atoms with van der Waals surface area (Å²) < 4.78 is 0. The van der Waals surface area contributed by atoms with Crippen molar-refractivity contribution in [3.63, 3.8) is 0 Å². The van der Waals surface area contributed by atoms with Crippen molar-refractivity contribution in [2.75, 3.05) is 0 Å². The van der Waals surface area contributed by atoms with Gasteiger partial charge in [0.15, 0.2) is 0 Å². The number of amides is 1. The Morgan fingerprint density at radius 1 is 1.50 bits per heavy atom. The Bertz CT molecular complexity index is 438. The van der Waals surface area contributed by atoms with Crippen LogP contribution in [-0.2, 0) is 0 Å². The summed E-state index contributed by atoms with van der Waals surface area (Å²) in [5, 5.41) is 12.4. The van der Waals surface area contributed by atoms with Crippen molar-refractivity contribution >= 4 is 5.91 Å². The van der Waals surface area contributed by atoms with Crippen molar-refractivity contribution in [2.24, 2.45) is 5.41 Å². The third-order valence-electron chi connectivity index (χ3n) is 3.28. The molecule has 1 unspecified atom stereocenters. The second-order valence-corrected chi connectivity index (χ2v) is 5.22. The van der Waals surface area contributed by atoms with Gasteiger partial charge in [0.1, 0.15) is 5.75 Å². The molecule has 1 amide bonds. The number of nitrogens with one attached hydrogen (secondary N) is 1. The fourth-order valence-electron chi connectivity index (χ4n) is 1.75. The van der Waals surface area contributed by atoms with E-state index >= 15 is 0 Å². The summed E-state index contributed by atoms with van der Waals surface area (Å²) in [7, 11) is 0. The Kier molecular flexibility index (Phi) is 2.41. The van der Waals surface area contributed by atoms with Crippen LogP contribution in [0.15, 0.2) is 18.2 Å². The quantitative estimate of drug-likeness (QED) is 0.801. The average Bonchev–Trinajstić information content (AvgIpc) is 2.78. The van der Waals surface area contributed by atoms with E-state index in [1.807, 2.05) is 0 Å². The first-order valence-corrected chi connectivity index (χ1v) is 5.50. The van der Waals surface area contributed by atoms with E-state index in [2.05, 4.69) is 19.2 Å². The molecule has 1 aromatic rings. The predicted octanol–water partition coefficient (Wildman–Crippen LogP) is 2.23. The Hall–Kier alpha value is -1.51. The van der Waals surface area contributed by atoms with E-state index in [-0.39, 0.29) is 23.1 Å². The third kappa shape index (κ3) is 2.03. The summed E-state index contributed by atoms with van der Waals surface area (Å²) in [4.78, 5) is 11.9. The molecular formula is C13H17NO2. The summed E-state index contributed by atoms with van der Waals surface area (Å²) in [6.45, 7) is 6.06. The maximum atomic E-state index is 11.9. The van der Waals surface area contributed by atoms with Crippen LogP contribution in [-0.4, -0.2) is 17.1 Å². The van der Waals surface area contributed by atoms with Crippen molar-refractivity contribution in [1.82, 2.24) is 5.32 Å². The van der Waals surface area contributed by atoms with E-state index in [9.17, 15) is 9.90 Å². The monoisotopic (exact) mass is 219 g/mol. The molecule has 2 rings (SSSR count). The Morgan fingerprint density at radius 3 is 2.62 bits per heavy atom. The first kappa shape index (κ1) is 11.0. The van der Waals surface area contributed by atoms with Gasteiger partial charge in [-0.25, -0.2) is 0 Å². The molecule has 0 spiro atoms. The van der Waals surface area contributed by atoms with Gasteiger partial charge in [0.25, 0.3) is 5.91 Å². The molecule has 1 aliphatic carbocycles. The van der Waals surface area contributed by atoms with Gasteiger partial charge in [0.05, 0.1) is 0 Å². The Labute approximate surface area is 95.5 Å². The molecule has 16 heavy (non-hydrogen) atoms. The van der Waals surface area contributed by atoms with E-state index in [1.54, 1.807) is 25.1 Å². The molecule has 3 nitrogen and oxygen atoms in total. The standard InChI is InChI=1S/C13H17NO2/c1-8-6-9(4-5-10(8)15)12(16)14-11-7-13(11,2)3/h4-6,11,15H,7H2,1-3H3,(H,14,16). The topological polar surface area (TPSA) is 49.3 Å². The number of aromatic hydroxyl groups is 1. The lowest BCUT2D eigenvalue weighted by molar-refractivity contribution is 0.0946. The minimum atomic E-state index is -0.0568. The van der Waals surface area contributed by atoms with Gasteiger partial charge in [-0.3, -0.25) is 4.79 Å². The zero-order valence-electron chi connectivity index (χ0n) is 9.87. The number of hydrogen-bond donors (Lipinski definition) is 2. The van der Waals surface area contributed by atoms with Crippen molar-refractivity contribution in [2.45, 2.75) is 33.2 Å². The molecule has 0 aromatic heterocycles. The third-order valence-corrected chi connectivity index (χ3v) is 3.28. The molecule has 0 saturated heterocycles. The van der Waals surface area contributed by atoms with Crippen LogP contribution in [0.5, 0.6) is 5.75 Å². The molecule has 0 bridgehead atoms. The molecule has 1 fully saturated rings. The zero-order valence-corrected chi connectivity index (χ0v) is 9.87. The molecule has 1 atom stereocenters. The lowest BCUT2D eigenvalue weighted by Crippen LogP contribution is -2.28. The van der Waals surface area contributed by atoms with E-state index in [4.69, 9.17) is 0 Å². The average molecular weight is 219 g/mol. The number of phenols is 1. The molecule has 3 heteroatoms.